The van der Waals surface area contributed by atoms with Gasteiger partial charge < -0.3 is 9.47 Å². The molecule has 2 amide bonds. The molecule has 3 rings (SSSR count). The summed E-state index contributed by atoms with van der Waals surface area (Å²) >= 11 is 4.98. The number of likely N-dealkylation sites (N-methyl/N-ethyl adjacent to an activating group) is 1. The molecule has 1 N–H and O–H groups in total. The number of nitrogens with zero attached hydrogens (tertiary/aromatic N) is 3. The molecule has 1 aromatic heterocycles. The van der Waals surface area contributed by atoms with Crippen LogP contribution in [0.4, 0.5) is 5.69 Å². The van der Waals surface area contributed by atoms with Gasteiger partial charge in [0, 0.05) is 43.9 Å². The number of carbonyl (C=O) groups excluding carboxylic acids is 2. The van der Waals surface area contributed by atoms with E-state index in [0.717, 1.165) is 28.3 Å². The molecule has 0 radical (unpaired) electrons. The Labute approximate surface area is 164 Å². The van der Waals surface area contributed by atoms with Crippen LogP contribution in [0.25, 0.3) is 11.8 Å². The number of aromatic nitrogens is 1. The van der Waals surface area contributed by atoms with Gasteiger partial charge in [0.2, 0.25) is 0 Å². The first-order valence-electron chi connectivity index (χ1n) is 8.52. The summed E-state index contributed by atoms with van der Waals surface area (Å²) in [6.07, 6.45) is 1.63. The van der Waals surface area contributed by atoms with Gasteiger partial charge in [0.25, 0.3) is 11.8 Å². The predicted octanol–water partition coefficient (Wildman–Crippen LogP) is 2.42. The summed E-state index contributed by atoms with van der Waals surface area (Å²) in [7, 11) is 5.55. The Balaban J connectivity index is 2.02. The zero-order valence-corrected chi connectivity index (χ0v) is 16.8. The molecule has 0 bridgehead atoms. The molecule has 140 valence electrons. The fourth-order valence-corrected chi connectivity index (χ4v) is 3.31. The van der Waals surface area contributed by atoms with Gasteiger partial charge in [-0.1, -0.05) is 0 Å². The van der Waals surface area contributed by atoms with Crippen molar-refractivity contribution in [2.24, 2.45) is 0 Å². The third-order valence-electron chi connectivity index (χ3n) is 4.70. The SMILES string of the molecule is Cc1cc(/C=C2\C(=O)NC(=S)N(C)C2=O)c(C)n1-c1ccc(N(C)C)cc1. The summed E-state index contributed by atoms with van der Waals surface area (Å²) in [5.41, 5.74) is 5.02. The summed E-state index contributed by atoms with van der Waals surface area (Å²) in [4.78, 5) is 27.9. The van der Waals surface area contributed by atoms with Gasteiger partial charge in [0.1, 0.15) is 5.57 Å². The normalized spacial score (nSPS) is 16.1. The van der Waals surface area contributed by atoms with Crippen molar-refractivity contribution in [3.05, 3.63) is 52.9 Å². The summed E-state index contributed by atoms with van der Waals surface area (Å²) in [6, 6.07) is 10.2. The second-order valence-corrected chi connectivity index (χ2v) is 7.14. The first-order valence-corrected chi connectivity index (χ1v) is 8.93. The Morgan fingerprint density at radius 2 is 1.74 bits per heavy atom. The van der Waals surface area contributed by atoms with E-state index < -0.39 is 11.8 Å². The maximum atomic E-state index is 12.4. The zero-order chi connectivity index (χ0) is 19.9. The lowest BCUT2D eigenvalue weighted by Crippen LogP contribution is -2.52. The van der Waals surface area contributed by atoms with E-state index in [4.69, 9.17) is 12.2 Å². The molecule has 2 heterocycles. The van der Waals surface area contributed by atoms with Crippen molar-refractivity contribution in [1.29, 1.82) is 0 Å². The number of carbonyl (C=O) groups is 2. The summed E-state index contributed by atoms with van der Waals surface area (Å²) in [6.45, 7) is 3.97. The molecule has 0 atom stereocenters. The van der Waals surface area contributed by atoms with Crippen LogP contribution in [0.5, 0.6) is 0 Å². The Morgan fingerprint density at radius 3 is 2.33 bits per heavy atom. The maximum absolute atomic E-state index is 12.4. The van der Waals surface area contributed by atoms with Gasteiger partial charge in [-0.2, -0.15) is 0 Å². The van der Waals surface area contributed by atoms with Gasteiger partial charge in [-0.15, -0.1) is 0 Å². The minimum absolute atomic E-state index is 0.0781. The molecule has 2 aromatic rings. The van der Waals surface area contributed by atoms with Crippen LogP contribution in [0.2, 0.25) is 0 Å². The highest BCUT2D eigenvalue weighted by Crippen LogP contribution is 2.25. The number of hydrogen-bond acceptors (Lipinski definition) is 4. The average molecular weight is 382 g/mol. The van der Waals surface area contributed by atoms with Gasteiger partial charge in [-0.3, -0.25) is 19.8 Å². The molecular weight excluding hydrogens is 360 g/mol. The molecular formula is C20H22N4O2S. The van der Waals surface area contributed by atoms with E-state index in [-0.39, 0.29) is 10.7 Å². The number of benzene rings is 1. The third kappa shape index (κ3) is 3.38. The molecule has 27 heavy (non-hydrogen) atoms. The zero-order valence-electron chi connectivity index (χ0n) is 16.0. The van der Waals surface area contributed by atoms with E-state index in [1.165, 1.54) is 4.90 Å². The molecule has 0 spiro atoms. The van der Waals surface area contributed by atoms with E-state index in [9.17, 15) is 9.59 Å². The molecule has 7 heteroatoms. The van der Waals surface area contributed by atoms with Crippen molar-refractivity contribution in [2.75, 3.05) is 26.0 Å². The van der Waals surface area contributed by atoms with Crippen molar-refractivity contribution in [3.8, 4) is 5.69 Å². The van der Waals surface area contributed by atoms with Crippen LogP contribution in [-0.4, -0.2) is 47.5 Å². The molecule has 1 aromatic carbocycles. The molecule has 1 saturated heterocycles. The van der Waals surface area contributed by atoms with E-state index in [1.54, 1.807) is 13.1 Å². The average Bonchev–Trinajstić information content (AvgIpc) is 2.90. The Kier molecular flexibility index (Phi) is 4.89. The van der Waals surface area contributed by atoms with Gasteiger partial charge in [-0.25, -0.2) is 0 Å². The van der Waals surface area contributed by atoms with Crippen LogP contribution in [0.1, 0.15) is 17.0 Å². The molecule has 1 fully saturated rings. The van der Waals surface area contributed by atoms with Crippen molar-refractivity contribution in [1.82, 2.24) is 14.8 Å². The van der Waals surface area contributed by atoms with Crippen LogP contribution in [0.3, 0.4) is 0 Å². The van der Waals surface area contributed by atoms with Crippen molar-refractivity contribution >= 4 is 40.9 Å². The van der Waals surface area contributed by atoms with Crippen molar-refractivity contribution < 1.29 is 9.59 Å². The van der Waals surface area contributed by atoms with Crippen molar-refractivity contribution in [2.45, 2.75) is 13.8 Å². The van der Waals surface area contributed by atoms with E-state index in [2.05, 4.69) is 34.1 Å². The second-order valence-electron chi connectivity index (χ2n) is 6.75. The Hall–Kier alpha value is -2.93. The standard InChI is InChI=1S/C20H22N4O2S/c1-12-10-14(11-17-18(25)21-20(27)23(5)19(17)26)13(2)24(12)16-8-6-15(7-9-16)22(3)4/h6-11H,1-5H3,(H,21,25,27)/b17-11+. The lowest BCUT2D eigenvalue weighted by Gasteiger charge is -2.25. The highest BCUT2D eigenvalue weighted by molar-refractivity contribution is 7.80. The number of amides is 2. The second kappa shape index (κ2) is 7.00. The summed E-state index contributed by atoms with van der Waals surface area (Å²) in [5.74, 6) is -0.868. The third-order valence-corrected chi connectivity index (χ3v) is 5.08. The van der Waals surface area contributed by atoms with Gasteiger partial charge in [0.15, 0.2) is 5.11 Å². The fourth-order valence-electron chi connectivity index (χ4n) is 3.13. The lowest BCUT2D eigenvalue weighted by atomic mass is 10.1. The summed E-state index contributed by atoms with van der Waals surface area (Å²) in [5, 5.41) is 2.66. The fraction of sp³-hybridized carbons (Fsp3) is 0.250. The minimum Gasteiger partial charge on any atom is -0.378 e. The Bertz CT molecular complexity index is 971. The molecule has 1 aliphatic heterocycles. The molecule has 0 unspecified atom stereocenters. The van der Waals surface area contributed by atoms with E-state index >= 15 is 0 Å². The van der Waals surface area contributed by atoms with Crippen LogP contribution in [-0.2, 0) is 9.59 Å². The monoisotopic (exact) mass is 382 g/mol. The lowest BCUT2D eigenvalue weighted by molar-refractivity contribution is -0.128. The summed E-state index contributed by atoms with van der Waals surface area (Å²) < 4.78 is 2.10. The number of rotatable bonds is 3. The number of aryl methyl sites for hydroxylation is 1. The quantitative estimate of drug-likeness (QED) is 0.503. The molecule has 1 aliphatic rings. The molecule has 0 saturated carbocycles. The topological polar surface area (TPSA) is 57.6 Å². The number of hydrogen-bond donors (Lipinski definition) is 1. The maximum Gasteiger partial charge on any atom is 0.265 e. The molecule has 0 aliphatic carbocycles. The van der Waals surface area contributed by atoms with Gasteiger partial charge in [-0.05, 0) is 68.0 Å². The largest absolute Gasteiger partial charge is 0.378 e. The van der Waals surface area contributed by atoms with Crippen LogP contribution < -0.4 is 10.2 Å². The van der Waals surface area contributed by atoms with Crippen LogP contribution in [0.15, 0.2) is 35.9 Å². The van der Waals surface area contributed by atoms with Gasteiger partial charge >= 0.3 is 0 Å². The number of anilines is 1. The first-order chi connectivity index (χ1) is 12.7. The predicted molar refractivity (Wildman–Crippen MR) is 111 cm³/mol. The van der Waals surface area contributed by atoms with Crippen molar-refractivity contribution in [3.63, 3.8) is 0 Å². The smallest absolute Gasteiger partial charge is 0.265 e. The van der Waals surface area contributed by atoms with E-state index in [0.29, 0.717) is 0 Å². The first kappa shape index (κ1) is 18.8. The molecule has 6 nitrogen and oxygen atoms in total. The van der Waals surface area contributed by atoms with E-state index in [1.807, 2.05) is 38.9 Å². The highest BCUT2D eigenvalue weighted by atomic mass is 32.1. The van der Waals surface area contributed by atoms with Crippen LogP contribution >= 0.6 is 12.2 Å². The van der Waals surface area contributed by atoms with Gasteiger partial charge in [0.05, 0.1) is 0 Å². The number of thiocarbonyl (C=S) groups is 1. The number of nitrogens with one attached hydrogen (secondary N) is 1. The van der Waals surface area contributed by atoms with Crippen LogP contribution in [0, 0.1) is 13.8 Å². The Morgan fingerprint density at radius 1 is 1.11 bits per heavy atom. The highest BCUT2D eigenvalue weighted by Gasteiger charge is 2.31. The minimum atomic E-state index is -0.469.